The molecule has 5 aliphatic rings. The first-order valence-electron chi connectivity index (χ1n) is 11.5. The maximum atomic E-state index is 13.2. The molecule has 1 amide bonds. The minimum Gasteiger partial charge on any atom is -0.484 e. The third-order valence-electron chi connectivity index (χ3n) is 7.68. The number of benzene rings is 1. The molecule has 1 aromatic rings. The van der Waals surface area contributed by atoms with E-state index < -0.39 is 0 Å². The molecule has 6 heteroatoms. The van der Waals surface area contributed by atoms with Gasteiger partial charge < -0.3 is 19.1 Å². The van der Waals surface area contributed by atoms with E-state index in [9.17, 15) is 4.79 Å². The average Bonchev–Trinajstić information content (AvgIpc) is 3.25. The van der Waals surface area contributed by atoms with Crippen LogP contribution in [-0.4, -0.2) is 60.8 Å². The van der Waals surface area contributed by atoms with Crippen molar-refractivity contribution in [1.29, 1.82) is 0 Å². The minimum atomic E-state index is 0.0753. The molecule has 3 fully saturated rings. The lowest BCUT2D eigenvalue weighted by molar-refractivity contribution is -0.138. The fourth-order valence-electron chi connectivity index (χ4n) is 6.45. The SMILES string of the molecule is O=C(COc1ccc2c(c1)OCO2)N1CCCC2=C[C@H]3C[C@@H](CN4CCCC[C@@H]34)[C@H]21. The Kier molecular flexibility index (Phi) is 4.63. The summed E-state index contributed by atoms with van der Waals surface area (Å²) in [6.07, 6.45) is 10.0. The molecule has 0 aromatic heterocycles. The highest BCUT2D eigenvalue weighted by Crippen LogP contribution is 2.45. The maximum absolute atomic E-state index is 13.2. The number of piperidine rings is 3. The van der Waals surface area contributed by atoms with E-state index in [-0.39, 0.29) is 25.3 Å². The monoisotopic (exact) mass is 410 g/mol. The number of fused-ring (bicyclic) bond motifs is 7. The van der Waals surface area contributed by atoms with Gasteiger partial charge in [0.05, 0.1) is 6.04 Å². The largest absolute Gasteiger partial charge is 0.484 e. The molecule has 4 heterocycles. The molecular formula is C24H30N2O4. The molecule has 4 aliphatic heterocycles. The normalized spacial score (nSPS) is 32.1. The third-order valence-corrected chi connectivity index (χ3v) is 7.68. The number of hydrogen-bond acceptors (Lipinski definition) is 5. The molecule has 6 rings (SSSR count). The van der Waals surface area contributed by atoms with Crippen molar-refractivity contribution in [2.75, 3.05) is 33.0 Å². The van der Waals surface area contributed by atoms with Gasteiger partial charge in [-0.3, -0.25) is 9.69 Å². The van der Waals surface area contributed by atoms with E-state index >= 15 is 0 Å². The molecule has 30 heavy (non-hydrogen) atoms. The maximum Gasteiger partial charge on any atom is 0.261 e. The summed E-state index contributed by atoms with van der Waals surface area (Å²) >= 11 is 0. The summed E-state index contributed by atoms with van der Waals surface area (Å²) in [7, 11) is 0. The molecule has 0 radical (unpaired) electrons. The first-order valence-corrected chi connectivity index (χ1v) is 11.5. The molecule has 1 aliphatic carbocycles. The van der Waals surface area contributed by atoms with Crippen LogP contribution < -0.4 is 14.2 Å². The third kappa shape index (κ3) is 3.16. The van der Waals surface area contributed by atoms with Crippen LogP contribution in [0.1, 0.15) is 38.5 Å². The Labute approximate surface area is 177 Å². The Morgan fingerprint density at radius 1 is 1.13 bits per heavy atom. The van der Waals surface area contributed by atoms with Gasteiger partial charge in [0.1, 0.15) is 5.75 Å². The lowest BCUT2D eigenvalue weighted by Crippen LogP contribution is -2.60. The van der Waals surface area contributed by atoms with Gasteiger partial charge in [0.2, 0.25) is 6.79 Å². The number of nitrogens with zero attached hydrogens (tertiary/aromatic N) is 2. The summed E-state index contributed by atoms with van der Waals surface area (Å²) in [6, 6.07) is 6.49. The second-order valence-electron chi connectivity index (χ2n) is 9.40. The topological polar surface area (TPSA) is 51.2 Å². The standard InChI is InChI=1S/C24H30N2O4/c27-23(14-28-19-6-7-21-22(12-19)30-15-29-21)26-9-3-4-16-10-17-11-18(24(16)26)13-25-8-2-1-5-20(17)25/h6-7,10,12,17-18,20,24H,1-5,8-9,11,13-15H2/t17-,18-,20-,24-/m0/s1. The summed E-state index contributed by atoms with van der Waals surface area (Å²) in [5, 5.41) is 0. The molecule has 1 aromatic carbocycles. The molecule has 4 atom stereocenters. The van der Waals surface area contributed by atoms with Gasteiger partial charge in [-0.1, -0.05) is 18.1 Å². The molecule has 0 unspecified atom stereocenters. The van der Waals surface area contributed by atoms with Crippen LogP contribution in [0.5, 0.6) is 17.2 Å². The molecular weight excluding hydrogens is 380 g/mol. The first-order chi connectivity index (χ1) is 14.8. The summed E-state index contributed by atoms with van der Waals surface area (Å²) in [5.41, 5.74) is 1.52. The van der Waals surface area contributed by atoms with E-state index in [1.165, 1.54) is 37.8 Å². The van der Waals surface area contributed by atoms with Gasteiger partial charge in [-0.25, -0.2) is 0 Å². The summed E-state index contributed by atoms with van der Waals surface area (Å²) in [6.45, 7) is 3.54. The number of hydrogen-bond donors (Lipinski definition) is 0. The van der Waals surface area contributed by atoms with Gasteiger partial charge in [-0.05, 0) is 62.6 Å². The zero-order valence-corrected chi connectivity index (χ0v) is 17.4. The number of carbonyl (C=O) groups excluding carboxylic acids is 1. The molecule has 0 saturated carbocycles. The predicted octanol–water partition coefficient (Wildman–Crippen LogP) is 3.22. The Balaban J connectivity index is 1.17. The van der Waals surface area contributed by atoms with Crippen LogP contribution in [0, 0.1) is 11.8 Å². The van der Waals surface area contributed by atoms with E-state index in [2.05, 4.69) is 15.9 Å². The average molecular weight is 411 g/mol. The van der Waals surface area contributed by atoms with Gasteiger partial charge >= 0.3 is 0 Å². The second kappa shape index (κ2) is 7.49. The van der Waals surface area contributed by atoms with Crippen molar-refractivity contribution in [3.05, 3.63) is 29.8 Å². The van der Waals surface area contributed by atoms with Crippen LogP contribution >= 0.6 is 0 Å². The number of rotatable bonds is 3. The number of likely N-dealkylation sites (tertiary alicyclic amines) is 1. The molecule has 0 spiro atoms. The highest BCUT2D eigenvalue weighted by molar-refractivity contribution is 5.79. The van der Waals surface area contributed by atoms with Gasteiger partial charge in [0.15, 0.2) is 18.1 Å². The van der Waals surface area contributed by atoms with E-state index in [0.717, 1.165) is 37.7 Å². The van der Waals surface area contributed by atoms with Gasteiger partial charge in [0.25, 0.3) is 5.91 Å². The zero-order valence-electron chi connectivity index (χ0n) is 17.4. The fraction of sp³-hybridized carbons (Fsp3) is 0.625. The Hall–Kier alpha value is -2.21. The van der Waals surface area contributed by atoms with Crippen molar-refractivity contribution in [2.24, 2.45) is 11.8 Å². The Bertz CT molecular complexity index is 869. The molecule has 6 nitrogen and oxygen atoms in total. The molecule has 0 N–H and O–H groups in total. The summed E-state index contributed by atoms with van der Waals surface area (Å²) in [4.78, 5) is 18.0. The Morgan fingerprint density at radius 2 is 2.07 bits per heavy atom. The highest BCUT2D eigenvalue weighted by Gasteiger charge is 2.46. The number of carbonyl (C=O) groups is 1. The quantitative estimate of drug-likeness (QED) is 0.717. The predicted molar refractivity (Wildman–Crippen MR) is 112 cm³/mol. The lowest BCUT2D eigenvalue weighted by Gasteiger charge is -2.54. The Morgan fingerprint density at radius 3 is 3.03 bits per heavy atom. The first kappa shape index (κ1) is 18.6. The summed E-state index contributed by atoms with van der Waals surface area (Å²) < 4.78 is 16.6. The van der Waals surface area contributed by atoms with Crippen LogP contribution in [0.25, 0.3) is 0 Å². The second-order valence-corrected chi connectivity index (χ2v) is 9.40. The van der Waals surface area contributed by atoms with Crippen LogP contribution in [0.4, 0.5) is 0 Å². The van der Waals surface area contributed by atoms with Crippen LogP contribution in [0.3, 0.4) is 0 Å². The van der Waals surface area contributed by atoms with E-state index in [1.807, 2.05) is 12.1 Å². The van der Waals surface area contributed by atoms with E-state index in [1.54, 1.807) is 6.07 Å². The lowest BCUT2D eigenvalue weighted by atomic mass is 9.68. The van der Waals surface area contributed by atoms with Crippen molar-refractivity contribution in [3.63, 3.8) is 0 Å². The van der Waals surface area contributed by atoms with Gasteiger partial charge in [-0.15, -0.1) is 0 Å². The molecule has 160 valence electrons. The van der Waals surface area contributed by atoms with Crippen molar-refractivity contribution in [2.45, 2.75) is 50.6 Å². The highest BCUT2D eigenvalue weighted by atomic mass is 16.7. The van der Waals surface area contributed by atoms with Gasteiger partial charge in [-0.2, -0.15) is 0 Å². The smallest absolute Gasteiger partial charge is 0.261 e. The van der Waals surface area contributed by atoms with E-state index in [4.69, 9.17) is 14.2 Å². The van der Waals surface area contributed by atoms with Crippen molar-refractivity contribution in [3.8, 4) is 17.2 Å². The van der Waals surface area contributed by atoms with Gasteiger partial charge in [0, 0.05) is 25.2 Å². The molecule has 2 bridgehead atoms. The molecule has 3 saturated heterocycles. The van der Waals surface area contributed by atoms with Crippen LogP contribution in [0.2, 0.25) is 0 Å². The van der Waals surface area contributed by atoms with Crippen molar-refractivity contribution >= 4 is 5.91 Å². The van der Waals surface area contributed by atoms with Crippen molar-refractivity contribution < 1.29 is 19.0 Å². The van der Waals surface area contributed by atoms with E-state index in [0.29, 0.717) is 23.3 Å². The zero-order chi connectivity index (χ0) is 20.1. The number of amides is 1. The van der Waals surface area contributed by atoms with Crippen molar-refractivity contribution in [1.82, 2.24) is 9.80 Å². The summed E-state index contributed by atoms with van der Waals surface area (Å²) in [5.74, 6) is 3.42. The van der Waals surface area contributed by atoms with Crippen LogP contribution in [-0.2, 0) is 4.79 Å². The van der Waals surface area contributed by atoms with Crippen LogP contribution in [0.15, 0.2) is 29.8 Å². The number of ether oxygens (including phenoxy) is 3. The minimum absolute atomic E-state index is 0.0753. The fourth-order valence-corrected chi connectivity index (χ4v) is 6.45.